The van der Waals surface area contributed by atoms with Crippen LogP contribution in [0, 0.1) is 5.92 Å². The standard InChI is InChI=1S/C23H33N5O/c1-3-4-14-26(2)23-25-24-21(17-27-15-8-11-22(27)29)28(23)16-20(19-12-13-19)18-9-6-5-7-10-18/h5-7,9-10,19-20H,3-4,8,11-17H2,1-2H3. The zero-order chi connectivity index (χ0) is 20.2. The zero-order valence-corrected chi connectivity index (χ0v) is 17.8. The van der Waals surface area contributed by atoms with Crippen molar-refractivity contribution in [2.24, 2.45) is 5.92 Å². The Morgan fingerprint density at radius 1 is 1.21 bits per heavy atom. The number of benzene rings is 1. The third-order valence-corrected chi connectivity index (χ3v) is 6.30. The van der Waals surface area contributed by atoms with Gasteiger partial charge in [0, 0.05) is 39.0 Å². The highest BCUT2D eigenvalue weighted by molar-refractivity contribution is 5.77. The summed E-state index contributed by atoms with van der Waals surface area (Å²) in [6.45, 7) is 5.46. The summed E-state index contributed by atoms with van der Waals surface area (Å²) in [5.74, 6) is 3.29. The SMILES string of the molecule is CCCCN(C)c1nnc(CN2CCCC2=O)n1CC(c1ccccc1)C1CC1. The van der Waals surface area contributed by atoms with Crippen LogP contribution in [0.25, 0.3) is 0 Å². The van der Waals surface area contributed by atoms with Crippen LogP contribution in [-0.4, -0.2) is 45.7 Å². The van der Waals surface area contributed by atoms with Gasteiger partial charge in [0.1, 0.15) is 0 Å². The van der Waals surface area contributed by atoms with Crippen LogP contribution in [0.3, 0.4) is 0 Å². The molecule has 4 rings (SSSR count). The van der Waals surface area contributed by atoms with Crippen molar-refractivity contribution in [3.05, 3.63) is 41.7 Å². The molecule has 156 valence electrons. The van der Waals surface area contributed by atoms with Gasteiger partial charge in [0.05, 0.1) is 6.54 Å². The first-order valence-electron chi connectivity index (χ1n) is 11.1. The van der Waals surface area contributed by atoms with Crippen molar-refractivity contribution in [3.8, 4) is 0 Å². The number of hydrogen-bond donors (Lipinski definition) is 0. The predicted octanol–water partition coefficient (Wildman–Crippen LogP) is 3.83. The number of rotatable bonds is 10. The molecule has 1 unspecified atom stereocenters. The van der Waals surface area contributed by atoms with Gasteiger partial charge in [-0.2, -0.15) is 0 Å². The average Bonchev–Trinajstić information content (AvgIpc) is 3.39. The molecule has 0 bridgehead atoms. The topological polar surface area (TPSA) is 54.3 Å². The summed E-state index contributed by atoms with van der Waals surface area (Å²) in [4.78, 5) is 16.4. The van der Waals surface area contributed by atoms with Crippen LogP contribution in [0.5, 0.6) is 0 Å². The number of nitrogens with zero attached hydrogens (tertiary/aromatic N) is 5. The summed E-state index contributed by atoms with van der Waals surface area (Å²) in [5.41, 5.74) is 1.40. The van der Waals surface area contributed by atoms with Gasteiger partial charge in [-0.05, 0) is 37.2 Å². The molecule has 0 radical (unpaired) electrons. The van der Waals surface area contributed by atoms with Crippen LogP contribution >= 0.6 is 0 Å². The molecular weight excluding hydrogens is 362 g/mol. The summed E-state index contributed by atoms with van der Waals surface area (Å²) in [5, 5.41) is 9.11. The van der Waals surface area contributed by atoms with Gasteiger partial charge < -0.3 is 9.80 Å². The molecular formula is C23H33N5O. The van der Waals surface area contributed by atoms with E-state index < -0.39 is 0 Å². The van der Waals surface area contributed by atoms with Gasteiger partial charge in [-0.3, -0.25) is 9.36 Å². The van der Waals surface area contributed by atoms with E-state index in [0.29, 0.717) is 18.9 Å². The van der Waals surface area contributed by atoms with Gasteiger partial charge in [0.2, 0.25) is 11.9 Å². The second-order valence-electron chi connectivity index (χ2n) is 8.58. The molecule has 1 saturated heterocycles. The third kappa shape index (κ3) is 4.62. The van der Waals surface area contributed by atoms with Gasteiger partial charge in [-0.15, -0.1) is 10.2 Å². The van der Waals surface area contributed by atoms with Gasteiger partial charge in [-0.1, -0.05) is 43.7 Å². The molecule has 2 heterocycles. The zero-order valence-electron chi connectivity index (χ0n) is 17.8. The molecule has 2 fully saturated rings. The number of hydrogen-bond acceptors (Lipinski definition) is 4. The smallest absolute Gasteiger partial charge is 0.227 e. The first kappa shape index (κ1) is 19.9. The Morgan fingerprint density at radius 2 is 2.00 bits per heavy atom. The van der Waals surface area contributed by atoms with Crippen molar-refractivity contribution < 1.29 is 4.79 Å². The monoisotopic (exact) mass is 395 g/mol. The summed E-state index contributed by atoms with van der Waals surface area (Å²) in [6, 6.07) is 10.8. The molecule has 1 aromatic heterocycles. The molecule has 0 N–H and O–H groups in total. The Hall–Kier alpha value is -2.37. The summed E-state index contributed by atoms with van der Waals surface area (Å²) >= 11 is 0. The highest BCUT2D eigenvalue weighted by atomic mass is 16.2. The minimum atomic E-state index is 0.238. The lowest BCUT2D eigenvalue weighted by Crippen LogP contribution is -2.28. The highest BCUT2D eigenvalue weighted by Gasteiger charge is 2.34. The van der Waals surface area contributed by atoms with Crippen LogP contribution in [0.4, 0.5) is 5.95 Å². The van der Waals surface area contributed by atoms with E-state index in [1.54, 1.807) is 0 Å². The number of amides is 1. The molecule has 1 aliphatic heterocycles. The van der Waals surface area contributed by atoms with Gasteiger partial charge in [0.15, 0.2) is 5.82 Å². The number of likely N-dealkylation sites (tertiary alicyclic amines) is 1. The van der Waals surface area contributed by atoms with E-state index in [4.69, 9.17) is 0 Å². The largest absolute Gasteiger partial charge is 0.344 e. The molecule has 1 aliphatic carbocycles. The van der Waals surface area contributed by atoms with Gasteiger partial charge in [0.25, 0.3) is 0 Å². The Kier molecular flexibility index (Phi) is 6.16. The Morgan fingerprint density at radius 3 is 2.66 bits per heavy atom. The van der Waals surface area contributed by atoms with Gasteiger partial charge >= 0.3 is 0 Å². The molecule has 2 aromatic rings. The normalized spacial score (nSPS) is 17.7. The minimum absolute atomic E-state index is 0.238. The van der Waals surface area contributed by atoms with E-state index in [2.05, 4.69) is 64.0 Å². The maximum Gasteiger partial charge on any atom is 0.227 e. The average molecular weight is 396 g/mol. The van der Waals surface area contributed by atoms with E-state index >= 15 is 0 Å². The maximum absolute atomic E-state index is 12.2. The predicted molar refractivity (Wildman–Crippen MR) is 115 cm³/mol. The van der Waals surface area contributed by atoms with E-state index in [9.17, 15) is 4.79 Å². The van der Waals surface area contributed by atoms with E-state index in [-0.39, 0.29) is 5.91 Å². The van der Waals surface area contributed by atoms with Crippen LogP contribution < -0.4 is 4.90 Å². The lowest BCUT2D eigenvalue weighted by Gasteiger charge is -2.25. The summed E-state index contributed by atoms with van der Waals surface area (Å²) < 4.78 is 2.29. The Labute approximate surface area is 173 Å². The van der Waals surface area contributed by atoms with Crippen molar-refractivity contribution in [1.29, 1.82) is 0 Å². The maximum atomic E-state index is 12.2. The van der Waals surface area contributed by atoms with Crippen molar-refractivity contribution in [2.75, 3.05) is 25.0 Å². The van der Waals surface area contributed by atoms with Gasteiger partial charge in [-0.25, -0.2) is 0 Å². The molecule has 6 heteroatoms. The number of aromatic nitrogens is 3. The fourth-order valence-corrected chi connectivity index (χ4v) is 4.37. The first-order valence-corrected chi connectivity index (χ1v) is 11.1. The van der Waals surface area contributed by atoms with E-state index in [0.717, 1.165) is 56.6 Å². The fourth-order valence-electron chi connectivity index (χ4n) is 4.37. The van der Waals surface area contributed by atoms with Crippen LogP contribution in [0.1, 0.15) is 62.8 Å². The van der Waals surface area contributed by atoms with Crippen molar-refractivity contribution in [1.82, 2.24) is 19.7 Å². The third-order valence-electron chi connectivity index (χ3n) is 6.30. The summed E-state index contributed by atoms with van der Waals surface area (Å²) in [6.07, 6.45) is 6.48. The van der Waals surface area contributed by atoms with Crippen molar-refractivity contribution >= 4 is 11.9 Å². The number of carbonyl (C=O) groups excluding carboxylic acids is 1. The number of anilines is 1. The lowest BCUT2D eigenvalue weighted by atomic mass is 9.94. The Balaban J connectivity index is 1.62. The lowest BCUT2D eigenvalue weighted by molar-refractivity contribution is -0.128. The quantitative estimate of drug-likeness (QED) is 0.613. The van der Waals surface area contributed by atoms with Crippen LogP contribution in [-0.2, 0) is 17.9 Å². The Bertz CT molecular complexity index is 814. The second kappa shape index (κ2) is 8.97. The fraction of sp³-hybridized carbons (Fsp3) is 0.609. The molecule has 0 spiro atoms. The number of unbranched alkanes of at least 4 members (excludes halogenated alkanes) is 1. The molecule has 2 aliphatic rings. The van der Waals surface area contributed by atoms with Crippen LogP contribution in [0.15, 0.2) is 30.3 Å². The van der Waals surface area contributed by atoms with Crippen molar-refractivity contribution in [2.45, 2.75) is 64.5 Å². The molecule has 29 heavy (non-hydrogen) atoms. The second-order valence-corrected chi connectivity index (χ2v) is 8.58. The molecule has 1 atom stereocenters. The highest BCUT2D eigenvalue weighted by Crippen LogP contribution is 2.44. The summed E-state index contributed by atoms with van der Waals surface area (Å²) in [7, 11) is 2.11. The molecule has 6 nitrogen and oxygen atoms in total. The molecule has 1 saturated carbocycles. The van der Waals surface area contributed by atoms with E-state index in [1.807, 2.05) is 4.90 Å². The molecule has 1 amide bonds. The number of carbonyl (C=O) groups is 1. The molecule has 1 aromatic carbocycles. The first-order chi connectivity index (χ1) is 14.2. The van der Waals surface area contributed by atoms with E-state index in [1.165, 1.54) is 18.4 Å². The minimum Gasteiger partial charge on any atom is -0.344 e. The van der Waals surface area contributed by atoms with Crippen LogP contribution in [0.2, 0.25) is 0 Å². The van der Waals surface area contributed by atoms with Crippen molar-refractivity contribution in [3.63, 3.8) is 0 Å².